The number of hydrogen-bond donors (Lipinski definition) is 1. The van der Waals surface area contributed by atoms with Gasteiger partial charge in [-0.05, 0) is 24.6 Å². The first-order valence-corrected chi connectivity index (χ1v) is 6.50. The van der Waals surface area contributed by atoms with Crippen molar-refractivity contribution in [1.29, 1.82) is 5.26 Å². The predicted molar refractivity (Wildman–Crippen MR) is 70.7 cm³/mol. The summed E-state index contributed by atoms with van der Waals surface area (Å²) in [4.78, 5) is 1.36. The zero-order chi connectivity index (χ0) is 14.8. The van der Waals surface area contributed by atoms with Crippen molar-refractivity contribution >= 4 is 17.3 Å². The Morgan fingerprint density at radius 1 is 1.45 bits per heavy atom. The highest BCUT2D eigenvalue weighted by atomic mass is 35.5. The highest BCUT2D eigenvalue weighted by Crippen LogP contribution is 2.24. The quantitative estimate of drug-likeness (QED) is 0.931. The van der Waals surface area contributed by atoms with Crippen LogP contribution < -0.4 is 5.32 Å². The number of halogens is 4. The molecule has 20 heavy (non-hydrogen) atoms. The van der Waals surface area contributed by atoms with Crippen molar-refractivity contribution in [2.45, 2.75) is 18.6 Å². The van der Waals surface area contributed by atoms with Gasteiger partial charge < -0.3 is 5.32 Å². The second-order valence-electron chi connectivity index (χ2n) is 4.78. The second-order valence-corrected chi connectivity index (χ2v) is 5.22. The zero-order valence-electron chi connectivity index (χ0n) is 10.5. The van der Waals surface area contributed by atoms with Crippen molar-refractivity contribution in [2.75, 3.05) is 25.0 Å². The number of nitriles is 1. The summed E-state index contributed by atoms with van der Waals surface area (Å²) in [5.74, 6) is 0. The van der Waals surface area contributed by atoms with Crippen LogP contribution in [0.3, 0.4) is 0 Å². The van der Waals surface area contributed by atoms with Gasteiger partial charge in [-0.15, -0.1) is 0 Å². The average molecular weight is 304 g/mol. The molecule has 108 valence electrons. The highest BCUT2D eigenvalue weighted by molar-refractivity contribution is 6.30. The Balaban J connectivity index is 1.97. The summed E-state index contributed by atoms with van der Waals surface area (Å²) in [5.41, 5.74) is 1.00. The molecule has 1 aromatic rings. The molecule has 3 nitrogen and oxygen atoms in total. The third-order valence-corrected chi connectivity index (χ3v) is 3.37. The SMILES string of the molecule is N#Cc1cc(Cl)ccc1NC1CCN(CC(F)(F)F)C1. The van der Waals surface area contributed by atoms with E-state index in [-0.39, 0.29) is 6.04 Å². The molecule has 1 aliphatic rings. The Morgan fingerprint density at radius 2 is 2.20 bits per heavy atom. The molecule has 1 heterocycles. The van der Waals surface area contributed by atoms with Gasteiger partial charge in [-0.25, -0.2) is 0 Å². The molecule has 0 aliphatic carbocycles. The van der Waals surface area contributed by atoms with Crippen molar-refractivity contribution in [3.8, 4) is 6.07 Å². The van der Waals surface area contributed by atoms with E-state index in [9.17, 15) is 13.2 Å². The van der Waals surface area contributed by atoms with Crippen molar-refractivity contribution in [3.05, 3.63) is 28.8 Å². The van der Waals surface area contributed by atoms with E-state index in [4.69, 9.17) is 16.9 Å². The fourth-order valence-corrected chi connectivity index (χ4v) is 2.47. The molecular formula is C13H13ClF3N3. The molecule has 0 amide bonds. The molecule has 1 atom stereocenters. The summed E-state index contributed by atoms with van der Waals surface area (Å²) in [5, 5.41) is 12.6. The Morgan fingerprint density at radius 3 is 2.85 bits per heavy atom. The molecule has 1 aliphatic heterocycles. The Kier molecular flexibility index (Phi) is 4.41. The normalized spacial score (nSPS) is 19.9. The van der Waals surface area contributed by atoms with Crippen LogP contribution in [0.5, 0.6) is 0 Å². The Hall–Kier alpha value is -1.45. The third-order valence-electron chi connectivity index (χ3n) is 3.14. The third kappa shape index (κ3) is 4.02. The molecule has 1 fully saturated rings. The van der Waals surface area contributed by atoms with E-state index in [1.54, 1.807) is 12.1 Å². The number of alkyl halides is 3. The molecule has 1 aromatic carbocycles. The summed E-state index contributed by atoms with van der Waals surface area (Å²) in [6.45, 7) is -0.184. The van der Waals surface area contributed by atoms with Gasteiger partial charge in [0.25, 0.3) is 0 Å². The number of nitrogens with zero attached hydrogens (tertiary/aromatic N) is 2. The van der Waals surface area contributed by atoms with E-state index >= 15 is 0 Å². The maximum absolute atomic E-state index is 12.3. The molecule has 7 heteroatoms. The van der Waals surface area contributed by atoms with Gasteiger partial charge in [-0.2, -0.15) is 18.4 Å². The van der Waals surface area contributed by atoms with E-state index in [2.05, 4.69) is 5.32 Å². The maximum atomic E-state index is 12.3. The molecule has 0 bridgehead atoms. The maximum Gasteiger partial charge on any atom is 0.401 e. The van der Waals surface area contributed by atoms with Gasteiger partial charge in [0, 0.05) is 24.2 Å². The molecule has 0 spiro atoms. The number of hydrogen-bond acceptors (Lipinski definition) is 3. The van der Waals surface area contributed by atoms with Crippen molar-refractivity contribution in [2.24, 2.45) is 0 Å². The van der Waals surface area contributed by atoms with E-state index in [0.717, 1.165) is 0 Å². The minimum absolute atomic E-state index is 0.0920. The van der Waals surface area contributed by atoms with Crippen LogP contribution in [0.25, 0.3) is 0 Å². The average Bonchev–Trinajstić information content (AvgIpc) is 2.76. The van der Waals surface area contributed by atoms with Crippen LogP contribution in [0.15, 0.2) is 18.2 Å². The summed E-state index contributed by atoms with van der Waals surface area (Å²) in [7, 11) is 0. The standard InChI is InChI=1S/C13H13ClF3N3/c14-10-1-2-12(9(5-10)6-18)19-11-3-4-20(7-11)8-13(15,16)17/h1-2,5,11,19H,3-4,7-8H2. The minimum Gasteiger partial charge on any atom is -0.380 e. The number of nitrogens with one attached hydrogen (secondary N) is 1. The van der Waals surface area contributed by atoms with E-state index < -0.39 is 12.7 Å². The monoisotopic (exact) mass is 303 g/mol. The van der Waals surface area contributed by atoms with Gasteiger partial charge in [0.2, 0.25) is 0 Å². The van der Waals surface area contributed by atoms with Crippen LogP contribution in [-0.4, -0.2) is 36.8 Å². The fraction of sp³-hybridized carbons (Fsp3) is 0.462. The lowest BCUT2D eigenvalue weighted by atomic mass is 10.1. The van der Waals surface area contributed by atoms with Crippen molar-refractivity contribution in [1.82, 2.24) is 4.90 Å². The topological polar surface area (TPSA) is 39.1 Å². The molecular weight excluding hydrogens is 291 g/mol. The summed E-state index contributed by atoms with van der Waals surface area (Å²) in [6.07, 6.45) is -3.56. The van der Waals surface area contributed by atoms with Crippen LogP contribution in [-0.2, 0) is 0 Å². The first-order chi connectivity index (χ1) is 9.37. The molecule has 1 saturated heterocycles. The van der Waals surface area contributed by atoms with Crippen LogP contribution >= 0.6 is 11.6 Å². The molecule has 2 rings (SSSR count). The van der Waals surface area contributed by atoms with Crippen LogP contribution in [0.4, 0.5) is 18.9 Å². The Bertz CT molecular complexity index is 525. The lowest BCUT2D eigenvalue weighted by Gasteiger charge is -2.19. The molecule has 1 unspecified atom stereocenters. The van der Waals surface area contributed by atoms with E-state index in [1.807, 2.05) is 6.07 Å². The smallest absolute Gasteiger partial charge is 0.380 e. The lowest BCUT2D eigenvalue weighted by Crippen LogP contribution is -2.34. The Labute approximate surface area is 119 Å². The lowest BCUT2D eigenvalue weighted by molar-refractivity contribution is -0.143. The molecule has 0 radical (unpaired) electrons. The van der Waals surface area contributed by atoms with Gasteiger partial charge >= 0.3 is 6.18 Å². The van der Waals surface area contributed by atoms with Crippen molar-refractivity contribution < 1.29 is 13.2 Å². The van der Waals surface area contributed by atoms with E-state index in [1.165, 1.54) is 11.0 Å². The van der Waals surface area contributed by atoms with Gasteiger partial charge in [-0.3, -0.25) is 4.90 Å². The molecule has 0 aromatic heterocycles. The number of likely N-dealkylation sites (tertiary alicyclic amines) is 1. The number of rotatable bonds is 3. The molecule has 0 saturated carbocycles. The minimum atomic E-state index is -4.17. The van der Waals surface area contributed by atoms with Crippen LogP contribution in [0, 0.1) is 11.3 Å². The van der Waals surface area contributed by atoms with Gasteiger partial charge in [0.1, 0.15) is 6.07 Å². The first-order valence-electron chi connectivity index (χ1n) is 6.12. The van der Waals surface area contributed by atoms with Gasteiger partial charge in [0.05, 0.1) is 17.8 Å². The van der Waals surface area contributed by atoms with Gasteiger partial charge in [0.15, 0.2) is 0 Å². The predicted octanol–water partition coefficient (Wildman–Crippen LogP) is 3.26. The summed E-state index contributed by atoms with van der Waals surface area (Å²) >= 11 is 5.80. The van der Waals surface area contributed by atoms with E-state index in [0.29, 0.717) is 35.8 Å². The van der Waals surface area contributed by atoms with Crippen molar-refractivity contribution in [3.63, 3.8) is 0 Å². The summed E-state index contributed by atoms with van der Waals surface area (Å²) in [6, 6.07) is 6.78. The molecule has 1 N–H and O–H groups in total. The van der Waals surface area contributed by atoms with Gasteiger partial charge in [-0.1, -0.05) is 11.6 Å². The number of benzene rings is 1. The first kappa shape index (κ1) is 14.9. The van der Waals surface area contributed by atoms with Crippen LogP contribution in [0.1, 0.15) is 12.0 Å². The highest BCUT2D eigenvalue weighted by Gasteiger charge is 2.34. The largest absolute Gasteiger partial charge is 0.401 e. The fourth-order valence-electron chi connectivity index (χ4n) is 2.30. The van der Waals surface area contributed by atoms with Crippen LogP contribution in [0.2, 0.25) is 5.02 Å². The second kappa shape index (κ2) is 5.90. The summed E-state index contributed by atoms with van der Waals surface area (Å²) < 4.78 is 36.9. The zero-order valence-corrected chi connectivity index (χ0v) is 11.3. The number of anilines is 1.